The smallest absolute Gasteiger partial charge is 0.416 e. The second-order valence-electron chi connectivity index (χ2n) is 7.66. The minimum absolute atomic E-state index is 0.0287. The Bertz CT molecular complexity index is 1250. The van der Waals surface area contributed by atoms with Gasteiger partial charge in [0.15, 0.2) is 6.61 Å². The van der Waals surface area contributed by atoms with Gasteiger partial charge in [0, 0.05) is 18.5 Å². The average Bonchev–Trinajstić information content (AvgIpc) is 3.36. The molecule has 176 valence electrons. The standard InChI is InChI=1S/C23H18F3N3O5/c1-13-4-9-16-17(11-13)22(32)29(21(16)31)10-2-3-19(30)33-12-18-27-20(28-34-18)14-5-7-15(8-6-14)23(24,25)26/h4-9,11H,2-3,10,12H2,1H3. The van der Waals surface area contributed by atoms with E-state index in [4.69, 9.17) is 9.26 Å². The van der Waals surface area contributed by atoms with Gasteiger partial charge in [0.05, 0.1) is 16.7 Å². The largest absolute Gasteiger partial charge is 0.456 e. The Morgan fingerprint density at radius 3 is 2.47 bits per heavy atom. The van der Waals surface area contributed by atoms with E-state index in [9.17, 15) is 27.6 Å². The highest BCUT2D eigenvalue weighted by atomic mass is 19.4. The van der Waals surface area contributed by atoms with E-state index in [1.54, 1.807) is 18.2 Å². The molecule has 2 aromatic carbocycles. The number of carbonyl (C=O) groups excluding carboxylic acids is 3. The highest BCUT2D eigenvalue weighted by Crippen LogP contribution is 2.30. The van der Waals surface area contributed by atoms with Crippen LogP contribution in [0.3, 0.4) is 0 Å². The van der Waals surface area contributed by atoms with E-state index in [0.29, 0.717) is 16.7 Å². The summed E-state index contributed by atoms with van der Waals surface area (Å²) in [4.78, 5) is 42.0. The summed E-state index contributed by atoms with van der Waals surface area (Å²) in [7, 11) is 0. The minimum atomic E-state index is -4.45. The fraction of sp³-hybridized carbons (Fsp3) is 0.261. The van der Waals surface area contributed by atoms with Crippen LogP contribution in [0.15, 0.2) is 47.0 Å². The van der Waals surface area contributed by atoms with Gasteiger partial charge in [-0.25, -0.2) is 0 Å². The highest BCUT2D eigenvalue weighted by Gasteiger charge is 2.35. The van der Waals surface area contributed by atoms with Gasteiger partial charge in [0.1, 0.15) is 0 Å². The maximum absolute atomic E-state index is 12.7. The number of hydrogen-bond donors (Lipinski definition) is 0. The Hall–Kier alpha value is -4.02. The van der Waals surface area contributed by atoms with Crippen molar-refractivity contribution < 1.29 is 36.8 Å². The number of fused-ring (bicyclic) bond motifs is 1. The van der Waals surface area contributed by atoms with Crippen LogP contribution in [0.25, 0.3) is 11.4 Å². The normalized spacial score (nSPS) is 13.4. The van der Waals surface area contributed by atoms with E-state index < -0.39 is 29.5 Å². The monoisotopic (exact) mass is 473 g/mol. The molecule has 0 aliphatic carbocycles. The van der Waals surface area contributed by atoms with Gasteiger partial charge >= 0.3 is 12.1 Å². The lowest BCUT2D eigenvalue weighted by molar-refractivity contribution is -0.146. The van der Waals surface area contributed by atoms with Crippen LogP contribution in [0, 0.1) is 6.92 Å². The molecular formula is C23H18F3N3O5. The van der Waals surface area contributed by atoms with Crippen molar-refractivity contribution in [1.82, 2.24) is 15.0 Å². The number of halogens is 3. The third-order valence-electron chi connectivity index (χ3n) is 5.18. The molecule has 0 radical (unpaired) electrons. The fourth-order valence-electron chi connectivity index (χ4n) is 3.44. The van der Waals surface area contributed by atoms with Crippen LogP contribution in [0.2, 0.25) is 0 Å². The van der Waals surface area contributed by atoms with E-state index >= 15 is 0 Å². The lowest BCUT2D eigenvalue weighted by Gasteiger charge is -2.13. The maximum Gasteiger partial charge on any atom is 0.416 e. The summed E-state index contributed by atoms with van der Waals surface area (Å²) in [6.07, 6.45) is -4.29. The predicted molar refractivity (Wildman–Crippen MR) is 110 cm³/mol. The molecule has 0 saturated carbocycles. The highest BCUT2D eigenvalue weighted by molar-refractivity contribution is 6.21. The SMILES string of the molecule is Cc1ccc2c(c1)C(=O)N(CCCC(=O)OCc1nc(-c3ccc(C(F)(F)F)cc3)no1)C2=O. The minimum Gasteiger partial charge on any atom is -0.456 e. The van der Waals surface area contributed by atoms with Gasteiger partial charge in [-0.05, 0) is 37.6 Å². The first-order chi connectivity index (χ1) is 16.1. The lowest BCUT2D eigenvalue weighted by Crippen LogP contribution is -2.31. The van der Waals surface area contributed by atoms with Crippen molar-refractivity contribution in [1.29, 1.82) is 0 Å². The number of hydrogen-bond acceptors (Lipinski definition) is 7. The molecule has 2 heterocycles. The number of imide groups is 1. The van der Waals surface area contributed by atoms with Gasteiger partial charge < -0.3 is 9.26 Å². The van der Waals surface area contributed by atoms with Crippen molar-refractivity contribution >= 4 is 17.8 Å². The second-order valence-corrected chi connectivity index (χ2v) is 7.66. The van der Waals surface area contributed by atoms with Crippen LogP contribution in [0.4, 0.5) is 13.2 Å². The van der Waals surface area contributed by atoms with Gasteiger partial charge in [0.25, 0.3) is 17.7 Å². The average molecular weight is 473 g/mol. The number of aryl methyl sites for hydroxylation is 1. The van der Waals surface area contributed by atoms with Gasteiger partial charge in [0.2, 0.25) is 5.82 Å². The van der Waals surface area contributed by atoms with Gasteiger partial charge in [-0.3, -0.25) is 19.3 Å². The summed E-state index contributed by atoms with van der Waals surface area (Å²) in [5.74, 6) is -1.35. The van der Waals surface area contributed by atoms with Gasteiger partial charge in [-0.1, -0.05) is 28.9 Å². The Kier molecular flexibility index (Phi) is 6.18. The Labute approximate surface area is 191 Å². The number of esters is 1. The van der Waals surface area contributed by atoms with Crippen LogP contribution in [-0.2, 0) is 22.3 Å². The quantitative estimate of drug-likeness (QED) is 0.375. The second kappa shape index (κ2) is 9.08. The van der Waals surface area contributed by atoms with Crippen LogP contribution in [-0.4, -0.2) is 39.4 Å². The lowest BCUT2D eigenvalue weighted by atomic mass is 10.1. The first-order valence-electron chi connectivity index (χ1n) is 10.3. The zero-order chi connectivity index (χ0) is 24.5. The van der Waals surface area contributed by atoms with E-state index in [0.717, 1.165) is 22.6 Å². The molecule has 11 heteroatoms. The van der Waals surface area contributed by atoms with Crippen molar-refractivity contribution in [2.24, 2.45) is 0 Å². The van der Waals surface area contributed by atoms with Crippen LogP contribution < -0.4 is 0 Å². The number of amides is 2. The molecule has 3 aromatic rings. The molecule has 2 amide bonds. The Balaban J connectivity index is 1.25. The molecule has 34 heavy (non-hydrogen) atoms. The number of carbonyl (C=O) groups is 3. The molecule has 0 N–H and O–H groups in total. The number of alkyl halides is 3. The van der Waals surface area contributed by atoms with Gasteiger partial charge in [-0.15, -0.1) is 0 Å². The van der Waals surface area contributed by atoms with Crippen molar-refractivity contribution in [2.45, 2.75) is 32.5 Å². The van der Waals surface area contributed by atoms with Crippen molar-refractivity contribution in [3.8, 4) is 11.4 Å². The molecule has 0 unspecified atom stereocenters. The summed E-state index contributed by atoms with van der Waals surface area (Å²) < 4.78 is 48.0. The number of benzene rings is 2. The molecule has 0 saturated heterocycles. The first kappa shape index (κ1) is 23.1. The van der Waals surface area contributed by atoms with Crippen LogP contribution in [0.1, 0.15) is 50.6 Å². The summed E-state index contributed by atoms with van der Waals surface area (Å²) in [5, 5.41) is 3.67. The van der Waals surface area contributed by atoms with Gasteiger partial charge in [-0.2, -0.15) is 18.2 Å². The van der Waals surface area contributed by atoms with E-state index in [1.165, 1.54) is 12.1 Å². The van der Waals surface area contributed by atoms with Crippen molar-refractivity contribution in [3.63, 3.8) is 0 Å². The maximum atomic E-state index is 12.7. The summed E-state index contributed by atoms with van der Waals surface area (Å²) in [5.41, 5.74) is 1.08. The van der Waals surface area contributed by atoms with E-state index in [-0.39, 0.29) is 37.7 Å². The van der Waals surface area contributed by atoms with E-state index in [2.05, 4.69) is 10.1 Å². The molecular weight excluding hydrogens is 455 g/mol. The summed E-state index contributed by atoms with van der Waals surface area (Å²) >= 11 is 0. The number of rotatable bonds is 7. The molecule has 0 atom stereocenters. The van der Waals surface area contributed by atoms with Crippen LogP contribution >= 0.6 is 0 Å². The molecule has 8 nitrogen and oxygen atoms in total. The third-order valence-corrected chi connectivity index (χ3v) is 5.18. The van der Waals surface area contributed by atoms with E-state index in [1.807, 2.05) is 6.92 Å². The predicted octanol–water partition coefficient (Wildman–Crippen LogP) is 4.18. The summed E-state index contributed by atoms with van der Waals surface area (Å²) in [6, 6.07) is 9.26. The van der Waals surface area contributed by atoms with Crippen molar-refractivity contribution in [3.05, 3.63) is 70.6 Å². The number of nitrogens with zero attached hydrogens (tertiary/aromatic N) is 3. The number of ether oxygens (including phenoxy) is 1. The molecule has 0 bridgehead atoms. The Morgan fingerprint density at radius 2 is 1.76 bits per heavy atom. The molecule has 1 aliphatic rings. The molecule has 0 spiro atoms. The molecule has 4 rings (SSSR count). The third kappa shape index (κ3) is 4.82. The Morgan fingerprint density at radius 1 is 1.06 bits per heavy atom. The van der Waals surface area contributed by atoms with Crippen molar-refractivity contribution in [2.75, 3.05) is 6.54 Å². The number of aromatic nitrogens is 2. The fourth-order valence-corrected chi connectivity index (χ4v) is 3.44. The first-order valence-corrected chi connectivity index (χ1v) is 10.3. The molecule has 1 aliphatic heterocycles. The van der Waals surface area contributed by atoms with Crippen LogP contribution in [0.5, 0.6) is 0 Å². The topological polar surface area (TPSA) is 103 Å². The molecule has 0 fully saturated rings. The zero-order valence-corrected chi connectivity index (χ0v) is 17.9. The zero-order valence-electron chi connectivity index (χ0n) is 17.9. The summed E-state index contributed by atoms with van der Waals surface area (Å²) in [6.45, 7) is 1.57. The molecule has 1 aromatic heterocycles.